The molecule has 0 amide bonds. The minimum atomic E-state index is -3.62. The van der Waals surface area contributed by atoms with Crippen LogP contribution in [0.4, 0.5) is 0 Å². The Bertz CT molecular complexity index is 849. The fraction of sp³-hybridized carbons (Fsp3) is 0.125. The molecule has 108 valence electrons. The third-order valence-corrected chi connectivity index (χ3v) is 4.94. The van der Waals surface area contributed by atoms with Crippen molar-refractivity contribution in [3.05, 3.63) is 66.6 Å². The second-order valence-corrected chi connectivity index (χ2v) is 6.52. The number of benzene rings is 2. The van der Waals surface area contributed by atoms with Crippen LogP contribution in [-0.4, -0.2) is 8.42 Å². The minimum Gasteiger partial charge on any atom is -0.468 e. The topological polar surface area (TPSA) is 59.3 Å². The molecule has 3 aromatic rings. The quantitative estimate of drug-likeness (QED) is 0.802. The number of hydrogen-bond donors (Lipinski definition) is 1. The van der Waals surface area contributed by atoms with Crippen molar-refractivity contribution in [2.24, 2.45) is 0 Å². The number of fused-ring (bicyclic) bond motifs is 1. The van der Waals surface area contributed by atoms with E-state index < -0.39 is 16.1 Å². The van der Waals surface area contributed by atoms with Gasteiger partial charge in [0, 0.05) is 5.39 Å². The lowest BCUT2D eigenvalue weighted by Crippen LogP contribution is -2.26. The van der Waals surface area contributed by atoms with Crippen molar-refractivity contribution in [2.45, 2.75) is 17.9 Å². The largest absolute Gasteiger partial charge is 0.468 e. The molecule has 0 saturated heterocycles. The zero-order valence-corrected chi connectivity index (χ0v) is 12.3. The molecule has 0 aliphatic rings. The maximum Gasteiger partial charge on any atom is 0.241 e. The summed E-state index contributed by atoms with van der Waals surface area (Å²) < 4.78 is 33.1. The van der Waals surface area contributed by atoms with Crippen molar-refractivity contribution >= 4 is 20.8 Å². The molecule has 1 aromatic heterocycles. The molecule has 1 atom stereocenters. The number of sulfonamides is 1. The van der Waals surface area contributed by atoms with Gasteiger partial charge in [-0.3, -0.25) is 0 Å². The van der Waals surface area contributed by atoms with Gasteiger partial charge in [0.05, 0.1) is 17.2 Å². The van der Waals surface area contributed by atoms with E-state index in [1.807, 2.05) is 24.3 Å². The Morgan fingerprint density at radius 1 is 1.00 bits per heavy atom. The zero-order valence-electron chi connectivity index (χ0n) is 11.5. The van der Waals surface area contributed by atoms with Gasteiger partial charge in [-0.25, -0.2) is 13.1 Å². The molecule has 0 fully saturated rings. The Labute approximate surface area is 123 Å². The Kier molecular flexibility index (Phi) is 3.53. The average Bonchev–Trinajstić information content (AvgIpc) is 3.00. The van der Waals surface area contributed by atoms with E-state index in [0.29, 0.717) is 11.1 Å². The van der Waals surface area contributed by atoms with Crippen molar-refractivity contribution < 1.29 is 12.8 Å². The lowest BCUT2D eigenvalue weighted by molar-refractivity contribution is 0.459. The van der Waals surface area contributed by atoms with E-state index in [0.717, 1.165) is 5.39 Å². The molecule has 0 aliphatic heterocycles. The van der Waals surface area contributed by atoms with E-state index in [9.17, 15) is 8.42 Å². The molecule has 0 spiro atoms. The monoisotopic (exact) mass is 301 g/mol. The minimum absolute atomic E-state index is 0.277. The lowest BCUT2D eigenvalue weighted by atomic mass is 10.1. The molecule has 0 unspecified atom stereocenters. The lowest BCUT2D eigenvalue weighted by Gasteiger charge is -2.13. The predicted octanol–water partition coefficient (Wildman–Crippen LogP) is 3.47. The van der Waals surface area contributed by atoms with E-state index in [2.05, 4.69) is 4.72 Å². The Hall–Kier alpha value is -2.11. The molecule has 1 N–H and O–H groups in total. The smallest absolute Gasteiger partial charge is 0.241 e. The first-order chi connectivity index (χ1) is 10.1. The number of rotatable bonds is 4. The van der Waals surface area contributed by atoms with Crippen LogP contribution < -0.4 is 4.72 Å². The first kappa shape index (κ1) is 13.9. The number of nitrogens with one attached hydrogen (secondary N) is 1. The molecule has 0 saturated carbocycles. The molecular weight excluding hydrogens is 286 g/mol. The third kappa shape index (κ3) is 2.70. The molecule has 5 heteroatoms. The summed E-state index contributed by atoms with van der Waals surface area (Å²) in [5.41, 5.74) is 0. The first-order valence-electron chi connectivity index (χ1n) is 6.61. The molecule has 21 heavy (non-hydrogen) atoms. The van der Waals surface area contributed by atoms with E-state index in [1.54, 1.807) is 37.3 Å². The Balaban J connectivity index is 2.01. The number of hydrogen-bond acceptors (Lipinski definition) is 3. The standard InChI is InChI=1S/C16H15NO3S/c1-12(15-9-5-11-20-15)17-21(18,19)16-10-4-7-13-6-2-3-8-14(13)16/h2-12,17H,1H3/t12-/m0/s1. The molecule has 0 bridgehead atoms. The van der Waals surface area contributed by atoms with Crippen LogP contribution in [0, 0.1) is 0 Å². The van der Waals surface area contributed by atoms with Gasteiger partial charge in [0.1, 0.15) is 5.76 Å². The summed E-state index contributed by atoms with van der Waals surface area (Å²) >= 11 is 0. The van der Waals surface area contributed by atoms with Gasteiger partial charge in [-0.2, -0.15) is 0 Å². The van der Waals surface area contributed by atoms with Gasteiger partial charge in [0.15, 0.2) is 0 Å². The highest BCUT2D eigenvalue weighted by atomic mass is 32.2. The predicted molar refractivity (Wildman–Crippen MR) is 81.4 cm³/mol. The van der Waals surface area contributed by atoms with Gasteiger partial charge in [-0.15, -0.1) is 0 Å². The Morgan fingerprint density at radius 3 is 2.52 bits per heavy atom. The van der Waals surface area contributed by atoms with Crippen LogP contribution >= 0.6 is 0 Å². The van der Waals surface area contributed by atoms with Crippen molar-refractivity contribution in [2.75, 3.05) is 0 Å². The van der Waals surface area contributed by atoms with Gasteiger partial charge in [-0.05, 0) is 30.5 Å². The zero-order chi connectivity index (χ0) is 14.9. The van der Waals surface area contributed by atoms with Gasteiger partial charge in [-0.1, -0.05) is 36.4 Å². The number of furan rings is 1. The van der Waals surface area contributed by atoms with Gasteiger partial charge in [0.2, 0.25) is 10.0 Å². The van der Waals surface area contributed by atoms with Crippen LogP contribution in [0.25, 0.3) is 10.8 Å². The first-order valence-corrected chi connectivity index (χ1v) is 8.10. The summed E-state index contributed by atoms with van der Waals surface area (Å²) in [6.45, 7) is 1.75. The average molecular weight is 301 g/mol. The second kappa shape index (κ2) is 5.35. The summed E-state index contributed by atoms with van der Waals surface area (Å²) in [5, 5.41) is 1.60. The highest BCUT2D eigenvalue weighted by molar-refractivity contribution is 7.89. The SMILES string of the molecule is C[C@H](NS(=O)(=O)c1cccc2ccccc12)c1ccco1. The van der Waals surface area contributed by atoms with Crippen LogP contribution in [-0.2, 0) is 10.0 Å². The van der Waals surface area contributed by atoms with Crippen molar-refractivity contribution in [1.29, 1.82) is 0 Å². The molecule has 0 radical (unpaired) electrons. The van der Waals surface area contributed by atoms with Gasteiger partial charge in [0.25, 0.3) is 0 Å². The van der Waals surface area contributed by atoms with Crippen molar-refractivity contribution in [1.82, 2.24) is 4.72 Å². The van der Waals surface area contributed by atoms with Crippen molar-refractivity contribution in [3.8, 4) is 0 Å². The summed E-state index contributed by atoms with van der Waals surface area (Å²) in [5.74, 6) is 0.582. The fourth-order valence-electron chi connectivity index (χ4n) is 2.32. The van der Waals surface area contributed by atoms with E-state index in [4.69, 9.17) is 4.42 Å². The van der Waals surface area contributed by atoms with E-state index in [1.165, 1.54) is 6.26 Å². The van der Waals surface area contributed by atoms with E-state index in [-0.39, 0.29) is 4.90 Å². The molecule has 1 heterocycles. The highest BCUT2D eigenvalue weighted by Gasteiger charge is 2.21. The van der Waals surface area contributed by atoms with Crippen LogP contribution in [0.1, 0.15) is 18.7 Å². The van der Waals surface area contributed by atoms with Crippen LogP contribution in [0.2, 0.25) is 0 Å². The summed E-state index contributed by atoms with van der Waals surface area (Å²) in [4.78, 5) is 0.277. The van der Waals surface area contributed by atoms with Crippen LogP contribution in [0.3, 0.4) is 0 Å². The van der Waals surface area contributed by atoms with E-state index >= 15 is 0 Å². The molecule has 2 aromatic carbocycles. The molecular formula is C16H15NO3S. The maximum absolute atomic E-state index is 12.6. The summed E-state index contributed by atoms with van der Waals surface area (Å²) in [6.07, 6.45) is 1.53. The normalized spacial score (nSPS) is 13.4. The van der Waals surface area contributed by atoms with Gasteiger partial charge < -0.3 is 4.42 Å². The summed E-state index contributed by atoms with van der Waals surface area (Å²) in [7, 11) is -3.62. The Morgan fingerprint density at radius 2 is 1.76 bits per heavy atom. The highest BCUT2D eigenvalue weighted by Crippen LogP contribution is 2.24. The van der Waals surface area contributed by atoms with Crippen LogP contribution in [0.15, 0.2) is 70.2 Å². The molecule has 0 aliphatic carbocycles. The van der Waals surface area contributed by atoms with Gasteiger partial charge >= 0.3 is 0 Å². The molecule has 3 rings (SSSR count). The maximum atomic E-state index is 12.6. The van der Waals surface area contributed by atoms with Crippen LogP contribution in [0.5, 0.6) is 0 Å². The third-order valence-electron chi connectivity index (χ3n) is 3.34. The van der Waals surface area contributed by atoms with Crippen molar-refractivity contribution in [3.63, 3.8) is 0 Å². The fourth-order valence-corrected chi connectivity index (χ4v) is 3.76. The summed E-state index contributed by atoms with van der Waals surface area (Å²) in [6, 6.07) is 15.7. The molecule has 4 nitrogen and oxygen atoms in total. The second-order valence-electron chi connectivity index (χ2n) is 4.84.